The SMILES string of the molecule is CCN(CC)CCc1ccc(Nc2ncc3cc(-c4ccc(-c5sc(C)nc5C)cc4Cl)c(=O)n(CC)c3n2)cc1. The van der Waals surface area contributed by atoms with E-state index in [4.69, 9.17) is 16.6 Å². The van der Waals surface area contributed by atoms with Gasteiger partial charge in [-0.2, -0.15) is 4.98 Å². The fourth-order valence-electron chi connectivity index (χ4n) is 5.09. The van der Waals surface area contributed by atoms with Gasteiger partial charge < -0.3 is 10.2 Å². The minimum Gasteiger partial charge on any atom is -0.324 e. The highest BCUT2D eigenvalue weighted by Gasteiger charge is 2.17. The van der Waals surface area contributed by atoms with Gasteiger partial charge in [0.25, 0.3) is 5.56 Å². The number of rotatable bonds is 10. The summed E-state index contributed by atoms with van der Waals surface area (Å²) < 4.78 is 1.68. The van der Waals surface area contributed by atoms with Crippen molar-refractivity contribution < 1.29 is 0 Å². The molecule has 5 aromatic rings. The molecule has 0 fully saturated rings. The minimum absolute atomic E-state index is 0.137. The van der Waals surface area contributed by atoms with Crippen LogP contribution in [0.3, 0.4) is 0 Å². The maximum absolute atomic E-state index is 13.7. The number of hydrogen-bond donors (Lipinski definition) is 1. The van der Waals surface area contributed by atoms with Crippen LogP contribution in [0.5, 0.6) is 0 Å². The molecule has 9 heteroatoms. The molecule has 2 aromatic carbocycles. The lowest BCUT2D eigenvalue weighted by Gasteiger charge is -2.17. The fourth-order valence-corrected chi connectivity index (χ4v) is 6.29. The molecule has 3 heterocycles. The molecule has 0 amide bonds. The van der Waals surface area contributed by atoms with Gasteiger partial charge in [0.15, 0.2) is 0 Å². The van der Waals surface area contributed by atoms with E-state index in [-0.39, 0.29) is 5.56 Å². The lowest BCUT2D eigenvalue weighted by Crippen LogP contribution is -2.25. The first-order valence-electron chi connectivity index (χ1n) is 14.0. The second-order valence-electron chi connectivity index (χ2n) is 10.0. The molecule has 0 saturated heterocycles. The van der Waals surface area contributed by atoms with Gasteiger partial charge in [0, 0.05) is 46.5 Å². The number of nitrogens with zero attached hydrogens (tertiary/aromatic N) is 5. The van der Waals surface area contributed by atoms with Crippen molar-refractivity contribution in [2.45, 2.75) is 47.6 Å². The number of hydrogen-bond acceptors (Lipinski definition) is 7. The molecular formula is C32H35ClN6OS. The van der Waals surface area contributed by atoms with E-state index in [9.17, 15) is 4.79 Å². The molecule has 1 N–H and O–H groups in total. The Kier molecular flexibility index (Phi) is 8.82. The Labute approximate surface area is 249 Å². The smallest absolute Gasteiger partial charge is 0.260 e. The van der Waals surface area contributed by atoms with Gasteiger partial charge in [0.2, 0.25) is 5.95 Å². The Morgan fingerprint density at radius 1 is 0.976 bits per heavy atom. The predicted molar refractivity (Wildman–Crippen MR) is 172 cm³/mol. The van der Waals surface area contributed by atoms with Crippen molar-refractivity contribution in [1.29, 1.82) is 0 Å². The summed E-state index contributed by atoms with van der Waals surface area (Å²) in [5.41, 5.74) is 5.82. The maximum atomic E-state index is 13.7. The first-order valence-corrected chi connectivity index (χ1v) is 15.2. The van der Waals surface area contributed by atoms with E-state index in [0.29, 0.717) is 34.3 Å². The quantitative estimate of drug-likeness (QED) is 0.183. The lowest BCUT2D eigenvalue weighted by atomic mass is 10.0. The molecule has 0 spiro atoms. The summed E-state index contributed by atoms with van der Waals surface area (Å²) in [5, 5.41) is 5.59. The molecular weight excluding hydrogens is 552 g/mol. The number of aromatic nitrogens is 4. The monoisotopic (exact) mass is 586 g/mol. The van der Waals surface area contributed by atoms with Crippen molar-refractivity contribution in [3.8, 4) is 21.6 Å². The zero-order chi connectivity index (χ0) is 29.1. The van der Waals surface area contributed by atoms with Crippen molar-refractivity contribution in [2.75, 3.05) is 25.0 Å². The van der Waals surface area contributed by atoms with E-state index < -0.39 is 0 Å². The lowest BCUT2D eigenvalue weighted by molar-refractivity contribution is 0.308. The zero-order valence-corrected chi connectivity index (χ0v) is 25.7. The van der Waals surface area contributed by atoms with Gasteiger partial charge in [0.1, 0.15) is 5.65 Å². The number of benzene rings is 2. The number of fused-ring (bicyclic) bond motifs is 1. The standard InChI is InChI=1S/C32H35ClN6OS/c1-6-38(7-2)16-15-22-9-12-25(13-10-22)36-32-34-19-24-17-27(31(40)39(8-3)30(24)37-32)26-14-11-23(18-28(26)33)29-20(4)35-21(5)41-29/h9-14,17-19H,6-8,15-16H2,1-5H3,(H,34,36,37). The zero-order valence-electron chi connectivity index (χ0n) is 24.2. The average molecular weight is 587 g/mol. The van der Waals surface area contributed by atoms with Crippen LogP contribution in [-0.2, 0) is 13.0 Å². The maximum Gasteiger partial charge on any atom is 0.260 e. The van der Waals surface area contributed by atoms with E-state index in [1.165, 1.54) is 5.56 Å². The Morgan fingerprint density at radius 3 is 2.37 bits per heavy atom. The van der Waals surface area contributed by atoms with Crippen LogP contribution >= 0.6 is 22.9 Å². The Hall–Kier alpha value is -3.59. The first-order chi connectivity index (χ1) is 19.8. The summed E-state index contributed by atoms with van der Waals surface area (Å²) in [5.74, 6) is 0.445. The number of anilines is 2. The third kappa shape index (κ3) is 6.20. The number of pyridine rings is 1. The van der Waals surface area contributed by atoms with Crippen molar-refractivity contribution in [1.82, 2.24) is 24.4 Å². The summed E-state index contributed by atoms with van der Waals surface area (Å²) in [6.07, 6.45) is 2.76. The van der Waals surface area contributed by atoms with Gasteiger partial charge in [-0.25, -0.2) is 9.97 Å². The van der Waals surface area contributed by atoms with Crippen LogP contribution in [0.2, 0.25) is 5.02 Å². The molecule has 0 saturated carbocycles. The predicted octanol–water partition coefficient (Wildman–Crippen LogP) is 7.50. The minimum atomic E-state index is -0.137. The Balaban J connectivity index is 1.42. The molecule has 0 aliphatic carbocycles. The Morgan fingerprint density at radius 2 is 1.73 bits per heavy atom. The molecule has 0 bridgehead atoms. The van der Waals surface area contributed by atoms with Gasteiger partial charge in [-0.1, -0.05) is 49.7 Å². The highest BCUT2D eigenvalue weighted by Crippen LogP contribution is 2.35. The van der Waals surface area contributed by atoms with E-state index in [1.54, 1.807) is 22.1 Å². The fraction of sp³-hybridized carbons (Fsp3) is 0.312. The summed E-state index contributed by atoms with van der Waals surface area (Å²) in [7, 11) is 0. The van der Waals surface area contributed by atoms with Gasteiger partial charge in [-0.05, 0) is 75.7 Å². The van der Waals surface area contributed by atoms with Crippen molar-refractivity contribution in [2.24, 2.45) is 0 Å². The van der Waals surface area contributed by atoms with Gasteiger partial charge >= 0.3 is 0 Å². The largest absolute Gasteiger partial charge is 0.324 e. The summed E-state index contributed by atoms with van der Waals surface area (Å²) >= 11 is 8.40. The summed E-state index contributed by atoms with van der Waals surface area (Å²) in [4.78, 5) is 31.0. The highest BCUT2D eigenvalue weighted by molar-refractivity contribution is 7.15. The van der Waals surface area contributed by atoms with E-state index in [2.05, 4.69) is 46.2 Å². The highest BCUT2D eigenvalue weighted by atomic mass is 35.5. The number of likely N-dealkylation sites (N-methyl/N-ethyl adjacent to an activating group) is 1. The van der Waals surface area contributed by atoms with Crippen LogP contribution in [0.15, 0.2) is 59.5 Å². The van der Waals surface area contributed by atoms with Crippen LogP contribution < -0.4 is 10.9 Å². The average Bonchev–Trinajstić information content (AvgIpc) is 3.32. The molecule has 7 nitrogen and oxygen atoms in total. The third-order valence-corrected chi connectivity index (χ3v) is 8.82. The van der Waals surface area contributed by atoms with Crippen LogP contribution in [0.1, 0.15) is 37.0 Å². The molecule has 3 aromatic heterocycles. The van der Waals surface area contributed by atoms with Gasteiger partial charge in [-0.3, -0.25) is 9.36 Å². The van der Waals surface area contributed by atoms with Crippen LogP contribution in [0.4, 0.5) is 11.6 Å². The molecule has 0 atom stereocenters. The number of nitrogens with one attached hydrogen (secondary N) is 1. The van der Waals surface area contributed by atoms with Crippen LogP contribution in [0, 0.1) is 13.8 Å². The molecule has 41 heavy (non-hydrogen) atoms. The topological polar surface area (TPSA) is 75.9 Å². The third-order valence-electron chi connectivity index (χ3n) is 7.39. The first kappa shape index (κ1) is 28.9. The van der Waals surface area contributed by atoms with Gasteiger partial charge in [0.05, 0.1) is 15.6 Å². The summed E-state index contributed by atoms with van der Waals surface area (Å²) in [6, 6.07) is 16.0. The van der Waals surface area contributed by atoms with E-state index in [1.807, 2.05) is 57.2 Å². The van der Waals surface area contributed by atoms with Crippen LogP contribution in [0.25, 0.3) is 32.6 Å². The van der Waals surface area contributed by atoms with Crippen molar-refractivity contribution >= 4 is 45.6 Å². The van der Waals surface area contributed by atoms with Gasteiger partial charge in [-0.15, -0.1) is 11.3 Å². The number of aryl methyl sites for hydroxylation is 3. The van der Waals surface area contributed by atoms with E-state index in [0.717, 1.165) is 58.3 Å². The van der Waals surface area contributed by atoms with Crippen molar-refractivity contribution in [3.63, 3.8) is 0 Å². The second kappa shape index (κ2) is 12.5. The van der Waals surface area contributed by atoms with E-state index >= 15 is 0 Å². The molecule has 212 valence electrons. The molecule has 5 rings (SSSR count). The molecule has 0 unspecified atom stereocenters. The molecule has 0 radical (unpaired) electrons. The number of halogens is 1. The molecule has 0 aliphatic heterocycles. The summed E-state index contributed by atoms with van der Waals surface area (Å²) in [6.45, 7) is 14.0. The Bertz CT molecular complexity index is 1740. The second-order valence-corrected chi connectivity index (χ2v) is 11.6. The normalized spacial score (nSPS) is 11.5. The van der Waals surface area contributed by atoms with Crippen molar-refractivity contribution in [3.05, 3.63) is 86.4 Å². The molecule has 0 aliphatic rings. The number of thiazole rings is 1. The van der Waals surface area contributed by atoms with Crippen LogP contribution in [-0.4, -0.2) is 44.1 Å².